The van der Waals surface area contributed by atoms with Crippen LogP contribution in [-0.2, 0) is 0 Å². The van der Waals surface area contributed by atoms with Gasteiger partial charge in [-0.1, -0.05) is 24.4 Å². The van der Waals surface area contributed by atoms with Crippen molar-refractivity contribution in [2.24, 2.45) is 0 Å². The molecule has 1 amide bonds. The van der Waals surface area contributed by atoms with Gasteiger partial charge in [0.15, 0.2) is 0 Å². The fraction of sp³-hybridized carbons (Fsp3) is 0.538. The van der Waals surface area contributed by atoms with Gasteiger partial charge in [-0.2, -0.15) is 0 Å². The Morgan fingerprint density at radius 3 is 3.00 bits per heavy atom. The van der Waals surface area contributed by atoms with E-state index in [1.807, 2.05) is 4.90 Å². The van der Waals surface area contributed by atoms with Gasteiger partial charge in [-0.05, 0) is 31.9 Å². The first-order valence-corrected chi connectivity index (χ1v) is 6.70. The first-order chi connectivity index (χ1) is 8.59. The molecule has 1 aliphatic heterocycles. The average Bonchev–Trinajstić information content (AvgIpc) is 2.56. The number of nitrogens with zero attached hydrogens (tertiary/aromatic N) is 2. The zero-order chi connectivity index (χ0) is 13.1. The molecule has 0 saturated carbocycles. The summed E-state index contributed by atoms with van der Waals surface area (Å²) < 4.78 is 0. The van der Waals surface area contributed by atoms with Crippen molar-refractivity contribution in [3.8, 4) is 0 Å². The van der Waals surface area contributed by atoms with Gasteiger partial charge in [0.1, 0.15) is 11.5 Å². The minimum Gasteiger partial charge on any atom is -0.384 e. The molecule has 2 heterocycles. The quantitative estimate of drug-likeness (QED) is 0.851. The Morgan fingerprint density at radius 1 is 1.44 bits per heavy atom. The van der Waals surface area contributed by atoms with Gasteiger partial charge in [0.05, 0.1) is 5.02 Å². The van der Waals surface area contributed by atoms with Crippen LogP contribution in [-0.4, -0.2) is 28.4 Å². The van der Waals surface area contributed by atoms with Gasteiger partial charge >= 0.3 is 0 Å². The van der Waals surface area contributed by atoms with E-state index in [0.717, 1.165) is 19.4 Å². The molecular formula is C13H18ClN3O. The third-order valence-electron chi connectivity index (χ3n) is 3.38. The van der Waals surface area contributed by atoms with Gasteiger partial charge in [-0.15, -0.1) is 0 Å². The van der Waals surface area contributed by atoms with E-state index < -0.39 is 0 Å². The van der Waals surface area contributed by atoms with Crippen molar-refractivity contribution in [3.63, 3.8) is 0 Å². The molecule has 1 unspecified atom stereocenters. The highest BCUT2D eigenvalue weighted by Crippen LogP contribution is 2.22. The highest BCUT2D eigenvalue weighted by atomic mass is 35.5. The number of hydrogen-bond donors (Lipinski definition) is 1. The Morgan fingerprint density at radius 2 is 2.22 bits per heavy atom. The monoisotopic (exact) mass is 267 g/mol. The van der Waals surface area contributed by atoms with Crippen LogP contribution in [0.1, 0.15) is 43.1 Å². The number of nitrogens with two attached hydrogens (primary N) is 1. The predicted octanol–water partition coefficient (Wildman–Crippen LogP) is 2.72. The van der Waals surface area contributed by atoms with Crippen LogP contribution in [0.4, 0.5) is 5.82 Å². The third kappa shape index (κ3) is 2.75. The lowest BCUT2D eigenvalue weighted by molar-refractivity contribution is 0.0692. The van der Waals surface area contributed by atoms with Gasteiger partial charge in [0.25, 0.3) is 5.91 Å². The second-order valence-corrected chi connectivity index (χ2v) is 5.17. The van der Waals surface area contributed by atoms with E-state index >= 15 is 0 Å². The van der Waals surface area contributed by atoms with Crippen molar-refractivity contribution < 1.29 is 4.79 Å². The first-order valence-electron chi connectivity index (χ1n) is 6.32. The minimum absolute atomic E-state index is 0.110. The Kier molecular flexibility index (Phi) is 4.07. The number of carbonyl (C=O) groups is 1. The number of anilines is 1. The van der Waals surface area contributed by atoms with Crippen LogP contribution in [0.25, 0.3) is 0 Å². The third-order valence-corrected chi connectivity index (χ3v) is 3.69. The van der Waals surface area contributed by atoms with E-state index in [1.54, 1.807) is 12.1 Å². The lowest BCUT2D eigenvalue weighted by atomic mass is 10.1. The number of aromatic nitrogens is 1. The Bertz CT molecular complexity index is 450. The summed E-state index contributed by atoms with van der Waals surface area (Å²) in [6.45, 7) is 2.84. The van der Waals surface area contributed by atoms with E-state index in [-0.39, 0.29) is 17.6 Å². The molecule has 0 radical (unpaired) electrons. The van der Waals surface area contributed by atoms with Gasteiger partial charge in [0.2, 0.25) is 0 Å². The lowest BCUT2D eigenvalue weighted by Gasteiger charge is -2.27. The second-order valence-electron chi connectivity index (χ2n) is 4.76. The molecule has 2 rings (SSSR count). The number of carbonyl (C=O) groups excluding carboxylic acids is 1. The Labute approximate surface area is 112 Å². The zero-order valence-electron chi connectivity index (χ0n) is 10.5. The van der Waals surface area contributed by atoms with Gasteiger partial charge < -0.3 is 10.6 Å². The molecule has 0 bridgehead atoms. The summed E-state index contributed by atoms with van der Waals surface area (Å²) in [5.41, 5.74) is 5.89. The Hall–Kier alpha value is -1.29. The largest absolute Gasteiger partial charge is 0.384 e. The van der Waals surface area contributed by atoms with E-state index in [0.29, 0.717) is 10.8 Å². The van der Waals surface area contributed by atoms with Crippen LogP contribution in [0, 0.1) is 0 Å². The topological polar surface area (TPSA) is 59.2 Å². The number of likely N-dealkylation sites (tertiary alicyclic amines) is 1. The lowest BCUT2D eigenvalue weighted by Crippen LogP contribution is -2.38. The van der Waals surface area contributed by atoms with Gasteiger partial charge in [-0.3, -0.25) is 4.79 Å². The van der Waals surface area contributed by atoms with Crippen LogP contribution >= 0.6 is 11.6 Å². The molecule has 1 aromatic rings. The average molecular weight is 268 g/mol. The summed E-state index contributed by atoms with van der Waals surface area (Å²) in [4.78, 5) is 18.4. The van der Waals surface area contributed by atoms with Crippen LogP contribution < -0.4 is 5.73 Å². The van der Waals surface area contributed by atoms with Gasteiger partial charge in [0, 0.05) is 12.6 Å². The minimum atomic E-state index is -0.110. The number of halogens is 1. The summed E-state index contributed by atoms with van der Waals surface area (Å²) >= 11 is 6.03. The maximum Gasteiger partial charge on any atom is 0.274 e. The summed E-state index contributed by atoms with van der Waals surface area (Å²) in [5, 5.41) is 0.366. The predicted molar refractivity (Wildman–Crippen MR) is 72.6 cm³/mol. The smallest absolute Gasteiger partial charge is 0.274 e. The highest BCUT2D eigenvalue weighted by molar-refractivity contribution is 6.33. The fourth-order valence-corrected chi connectivity index (χ4v) is 2.51. The summed E-state index contributed by atoms with van der Waals surface area (Å²) in [6, 6.07) is 3.46. The molecule has 0 aliphatic carbocycles. The van der Waals surface area contributed by atoms with E-state index in [2.05, 4.69) is 11.9 Å². The molecule has 0 spiro atoms. The van der Waals surface area contributed by atoms with Crippen molar-refractivity contribution in [3.05, 3.63) is 22.8 Å². The zero-order valence-corrected chi connectivity index (χ0v) is 11.3. The van der Waals surface area contributed by atoms with Crippen molar-refractivity contribution in [2.45, 2.75) is 38.6 Å². The van der Waals surface area contributed by atoms with E-state index in [9.17, 15) is 4.79 Å². The SMILES string of the molecule is CC1CCCCCN1C(=O)c1nc(N)ccc1Cl. The van der Waals surface area contributed by atoms with Crippen LogP contribution in [0.5, 0.6) is 0 Å². The number of nitrogen functional groups attached to an aromatic ring is 1. The molecule has 1 aliphatic rings. The normalized spacial score (nSPS) is 20.6. The van der Waals surface area contributed by atoms with Crippen LogP contribution in [0.2, 0.25) is 5.02 Å². The molecule has 5 heteroatoms. The van der Waals surface area contributed by atoms with E-state index in [1.165, 1.54) is 12.8 Å². The van der Waals surface area contributed by atoms with Crippen molar-refractivity contribution >= 4 is 23.3 Å². The summed E-state index contributed by atoms with van der Waals surface area (Å²) in [5.74, 6) is 0.215. The van der Waals surface area contributed by atoms with Gasteiger partial charge in [-0.25, -0.2) is 4.98 Å². The number of amides is 1. The number of pyridine rings is 1. The van der Waals surface area contributed by atoms with Crippen molar-refractivity contribution in [1.82, 2.24) is 9.88 Å². The van der Waals surface area contributed by atoms with Crippen molar-refractivity contribution in [2.75, 3.05) is 12.3 Å². The summed E-state index contributed by atoms with van der Waals surface area (Å²) in [6.07, 6.45) is 4.41. The molecule has 18 heavy (non-hydrogen) atoms. The molecule has 1 aromatic heterocycles. The Balaban J connectivity index is 2.26. The molecular weight excluding hydrogens is 250 g/mol. The van der Waals surface area contributed by atoms with E-state index in [4.69, 9.17) is 17.3 Å². The molecule has 98 valence electrons. The number of hydrogen-bond acceptors (Lipinski definition) is 3. The van der Waals surface area contributed by atoms with Crippen molar-refractivity contribution in [1.29, 1.82) is 0 Å². The fourth-order valence-electron chi connectivity index (χ4n) is 2.32. The molecule has 1 atom stereocenters. The molecule has 2 N–H and O–H groups in total. The molecule has 1 fully saturated rings. The second kappa shape index (κ2) is 5.57. The summed E-state index contributed by atoms with van der Waals surface area (Å²) in [7, 11) is 0. The van der Waals surface area contributed by atoms with Crippen LogP contribution in [0.3, 0.4) is 0 Å². The highest BCUT2D eigenvalue weighted by Gasteiger charge is 2.25. The molecule has 0 aromatic carbocycles. The number of rotatable bonds is 1. The maximum atomic E-state index is 12.5. The first kappa shape index (κ1) is 13.1. The maximum absolute atomic E-state index is 12.5. The van der Waals surface area contributed by atoms with Crippen LogP contribution in [0.15, 0.2) is 12.1 Å². The standard InChI is InChI=1S/C13H18ClN3O/c1-9-5-3-2-4-8-17(9)13(18)12-10(14)6-7-11(15)16-12/h6-7,9H,2-5,8H2,1H3,(H2,15,16). The molecule has 4 nitrogen and oxygen atoms in total. The molecule has 1 saturated heterocycles.